The zero-order valence-corrected chi connectivity index (χ0v) is 39.1. The van der Waals surface area contributed by atoms with Crippen molar-refractivity contribution in [2.75, 3.05) is 19.8 Å². The van der Waals surface area contributed by atoms with Crippen LogP contribution in [0, 0.1) is 20.2 Å². The minimum Gasteiger partial charge on any atom is -0.478 e. The molecule has 2 aliphatic heterocycles. The minimum absolute atomic E-state index is 0.00435. The quantitative estimate of drug-likeness (QED) is 0.0294. The summed E-state index contributed by atoms with van der Waals surface area (Å²) in [5.74, 6) is -5.15. The molecule has 2 heterocycles. The Morgan fingerprint density at radius 1 is 0.543 bits per heavy atom. The summed E-state index contributed by atoms with van der Waals surface area (Å²) in [4.78, 5) is 73.3. The Morgan fingerprint density at radius 3 is 1.29 bits per heavy atom. The number of nitrogens with zero attached hydrogens (tertiary/aromatic N) is 2. The summed E-state index contributed by atoms with van der Waals surface area (Å²) < 4.78 is 16.4. The van der Waals surface area contributed by atoms with Crippen molar-refractivity contribution in [2.24, 2.45) is 0 Å². The van der Waals surface area contributed by atoms with Gasteiger partial charge in [-0.05, 0) is 75.1 Å². The van der Waals surface area contributed by atoms with E-state index in [-0.39, 0.29) is 53.5 Å². The maximum atomic E-state index is 13.3. The first-order valence-corrected chi connectivity index (χ1v) is 21.9. The summed E-state index contributed by atoms with van der Waals surface area (Å²) >= 11 is 0. The molecule has 360 valence electrons. The first-order valence-electron chi connectivity index (χ1n) is 21.9. The van der Waals surface area contributed by atoms with Crippen molar-refractivity contribution in [3.05, 3.63) is 233 Å². The van der Waals surface area contributed by atoms with Gasteiger partial charge in [-0.2, -0.15) is 0 Å². The van der Waals surface area contributed by atoms with Crippen LogP contribution in [0.1, 0.15) is 68.7 Å². The Morgan fingerprint density at radius 2 is 0.914 bits per heavy atom. The second kappa shape index (κ2) is 25.3. The molecule has 0 amide bonds. The monoisotopic (exact) mass is 948 g/mol. The number of ether oxygens (including phenoxy) is 3. The molecule has 2 atom stereocenters. The molecule has 0 bridgehead atoms. The van der Waals surface area contributed by atoms with E-state index in [1.54, 1.807) is 76.3 Å². The number of carboxylic acid groups (broad SMARTS) is 1. The molecule has 2 aliphatic rings. The van der Waals surface area contributed by atoms with E-state index in [0.717, 1.165) is 11.1 Å². The van der Waals surface area contributed by atoms with Crippen molar-refractivity contribution >= 4 is 47.4 Å². The van der Waals surface area contributed by atoms with Crippen molar-refractivity contribution < 1.29 is 48.3 Å². The maximum Gasteiger partial charge on any atom is 0.337 e. The maximum absolute atomic E-state index is 13.3. The highest BCUT2D eigenvalue weighted by molar-refractivity contribution is 6.00. The smallest absolute Gasteiger partial charge is 0.337 e. The molecule has 70 heavy (non-hydrogen) atoms. The summed E-state index contributed by atoms with van der Waals surface area (Å²) in [5.41, 5.74) is 4.44. The number of nitro benzene ring substituents is 2. The summed E-state index contributed by atoms with van der Waals surface area (Å²) in [7, 11) is 0. The zero-order valence-electron chi connectivity index (χ0n) is 39.1. The molecule has 0 spiro atoms. The highest BCUT2D eigenvalue weighted by atomic mass is 16.6. The largest absolute Gasteiger partial charge is 0.478 e. The van der Waals surface area contributed by atoms with Crippen molar-refractivity contribution in [3.63, 3.8) is 0 Å². The van der Waals surface area contributed by atoms with Gasteiger partial charge in [0.15, 0.2) is 0 Å². The van der Waals surface area contributed by atoms with Crippen LogP contribution in [-0.2, 0) is 33.4 Å². The van der Waals surface area contributed by atoms with Crippen LogP contribution in [-0.4, -0.2) is 58.7 Å². The number of aliphatic carboxylic acids is 1. The average molecular weight is 949 g/mol. The number of esters is 3. The standard InChI is InChI=1S/C30H30N2O6.C24H22N2O6/c1-4-5-6-10-18-37-29(33)26-21(2)31-22(3)27(28(26)24-16-11-17-25(20-24)32(35)36)30(34)38-19-12-15-23-13-8-7-9-14-23;1-15-20(23(27)28)22(18-11-6-12-19(14-18)26(30)31)21(16(2)25-15)24(29)32-13-7-10-17-8-4-3-5-9-17/h4-17,20,28,31H,18-19H2,1-3H3;3-12,14,22,25H,13H2,1-2H3,(H,27,28). The normalized spacial score (nSPS) is 16.0. The third-order valence-electron chi connectivity index (χ3n) is 10.8. The summed E-state index contributed by atoms with van der Waals surface area (Å²) in [6.07, 6.45) is 14.1. The Labute approximate surface area is 404 Å². The third-order valence-corrected chi connectivity index (χ3v) is 10.8. The van der Waals surface area contributed by atoms with Gasteiger partial charge < -0.3 is 30.0 Å². The van der Waals surface area contributed by atoms with E-state index in [4.69, 9.17) is 14.2 Å². The Kier molecular flexibility index (Phi) is 18.8. The fourth-order valence-electron chi connectivity index (χ4n) is 7.73. The van der Waals surface area contributed by atoms with Crippen molar-refractivity contribution in [2.45, 2.75) is 46.5 Å². The first kappa shape index (κ1) is 52.1. The lowest BCUT2D eigenvalue weighted by Gasteiger charge is -2.30. The van der Waals surface area contributed by atoms with Gasteiger partial charge >= 0.3 is 23.9 Å². The summed E-state index contributed by atoms with van der Waals surface area (Å²) in [5, 5.41) is 38.5. The summed E-state index contributed by atoms with van der Waals surface area (Å²) in [6, 6.07) is 30.5. The van der Waals surface area contributed by atoms with Crippen molar-refractivity contribution in [1.82, 2.24) is 10.6 Å². The molecule has 16 heteroatoms. The van der Waals surface area contributed by atoms with Gasteiger partial charge in [-0.1, -0.05) is 115 Å². The molecule has 0 aliphatic carbocycles. The van der Waals surface area contributed by atoms with E-state index >= 15 is 0 Å². The van der Waals surface area contributed by atoms with Crippen LogP contribution in [0.25, 0.3) is 12.2 Å². The van der Waals surface area contributed by atoms with Gasteiger partial charge in [0, 0.05) is 47.1 Å². The lowest BCUT2D eigenvalue weighted by Crippen LogP contribution is -2.32. The number of non-ortho nitro benzene ring substituents is 2. The Balaban J connectivity index is 0.000000265. The molecular weight excluding hydrogens is 897 g/mol. The number of nitrogens with one attached hydrogen (secondary N) is 2. The van der Waals surface area contributed by atoms with Gasteiger partial charge in [-0.15, -0.1) is 0 Å². The lowest BCUT2D eigenvalue weighted by atomic mass is 9.80. The molecule has 16 nitrogen and oxygen atoms in total. The van der Waals surface area contributed by atoms with Crippen LogP contribution in [0.4, 0.5) is 11.4 Å². The van der Waals surface area contributed by atoms with E-state index in [1.807, 2.05) is 79.7 Å². The van der Waals surface area contributed by atoms with Crippen LogP contribution in [0.2, 0.25) is 0 Å². The van der Waals surface area contributed by atoms with E-state index < -0.39 is 45.6 Å². The fraction of sp³-hybridized carbons (Fsp3) is 0.185. The van der Waals surface area contributed by atoms with E-state index in [2.05, 4.69) is 10.6 Å². The highest BCUT2D eigenvalue weighted by Crippen LogP contribution is 2.41. The van der Waals surface area contributed by atoms with E-state index in [0.29, 0.717) is 33.9 Å². The molecule has 0 saturated heterocycles. The van der Waals surface area contributed by atoms with Crippen LogP contribution >= 0.6 is 0 Å². The molecule has 0 radical (unpaired) electrons. The van der Waals surface area contributed by atoms with Crippen LogP contribution in [0.5, 0.6) is 0 Å². The zero-order chi connectivity index (χ0) is 50.7. The second-order valence-electron chi connectivity index (χ2n) is 15.7. The number of allylic oxidation sites excluding steroid dienone is 7. The van der Waals surface area contributed by atoms with Gasteiger partial charge in [0.2, 0.25) is 0 Å². The fourth-order valence-corrected chi connectivity index (χ4v) is 7.73. The molecule has 0 aromatic heterocycles. The number of carbonyl (C=O) groups is 4. The molecule has 6 rings (SSSR count). The number of hydrogen-bond acceptors (Lipinski definition) is 13. The average Bonchev–Trinajstić information content (AvgIpc) is 3.34. The Hall–Kier alpha value is -8.92. The van der Waals surface area contributed by atoms with Gasteiger partial charge in [0.05, 0.1) is 44.0 Å². The Bertz CT molecular complexity index is 2870. The van der Waals surface area contributed by atoms with Crippen LogP contribution < -0.4 is 10.6 Å². The lowest BCUT2D eigenvalue weighted by molar-refractivity contribution is -0.385. The molecule has 4 aromatic carbocycles. The number of dihydropyridines is 2. The molecule has 0 fully saturated rings. The number of hydrogen-bond donors (Lipinski definition) is 3. The highest BCUT2D eigenvalue weighted by Gasteiger charge is 2.39. The minimum atomic E-state index is -1.23. The second-order valence-corrected chi connectivity index (χ2v) is 15.7. The van der Waals surface area contributed by atoms with E-state index in [9.17, 15) is 44.5 Å². The molecule has 3 N–H and O–H groups in total. The van der Waals surface area contributed by atoms with Gasteiger partial charge in [-0.25, -0.2) is 19.2 Å². The number of benzene rings is 4. The molecule has 0 saturated carbocycles. The van der Waals surface area contributed by atoms with Crippen LogP contribution in [0.3, 0.4) is 0 Å². The number of carboxylic acids is 1. The first-order chi connectivity index (χ1) is 33.6. The van der Waals surface area contributed by atoms with Crippen LogP contribution in [0.15, 0.2) is 191 Å². The predicted molar refractivity (Wildman–Crippen MR) is 264 cm³/mol. The predicted octanol–water partition coefficient (Wildman–Crippen LogP) is 9.93. The van der Waals surface area contributed by atoms with Crippen molar-refractivity contribution in [3.8, 4) is 0 Å². The third kappa shape index (κ3) is 13.8. The molecular formula is C54H52N4O12. The molecule has 4 aromatic rings. The van der Waals surface area contributed by atoms with Gasteiger partial charge in [-0.3, -0.25) is 20.2 Å². The number of rotatable bonds is 17. The number of carbonyl (C=O) groups excluding carboxylic acids is 3. The van der Waals surface area contributed by atoms with Gasteiger partial charge in [0.1, 0.15) is 19.8 Å². The van der Waals surface area contributed by atoms with Crippen molar-refractivity contribution in [1.29, 1.82) is 0 Å². The summed E-state index contributed by atoms with van der Waals surface area (Å²) in [6.45, 7) is 8.51. The number of nitro groups is 2. The topological polar surface area (TPSA) is 227 Å². The molecule has 2 unspecified atom stereocenters. The van der Waals surface area contributed by atoms with E-state index in [1.165, 1.54) is 36.4 Å². The van der Waals surface area contributed by atoms with Gasteiger partial charge in [0.25, 0.3) is 11.4 Å². The SMILES string of the molecule is CC1=C(C(=O)O)C(c2cccc([N+](=O)[O-])c2)C(C(=O)OCC=Cc2ccccc2)=C(C)N1.CC=CC=CCOC(=O)C1=C(C)NC(C)=C(C(=O)OCC=Cc2ccccc2)C1c1cccc([N+](=O)[O-])c1.